The molecule has 1 atom stereocenters. The quantitative estimate of drug-likeness (QED) is 0.739. The summed E-state index contributed by atoms with van der Waals surface area (Å²) in [5.74, 6) is 0.988. The fourth-order valence-electron chi connectivity index (χ4n) is 3.14. The number of nitrogens with zero attached hydrogens (tertiary/aromatic N) is 1. The fraction of sp³-hybridized carbons (Fsp3) is 0.526. The molecule has 1 saturated heterocycles. The number of nitrogens with one attached hydrogen (secondary N) is 2. The number of ether oxygens (including phenoxy) is 2. The van der Waals surface area contributed by atoms with E-state index in [4.69, 9.17) is 9.47 Å². The number of carbonyl (C=O) groups is 3. The number of amides is 4. The van der Waals surface area contributed by atoms with Gasteiger partial charge in [0.25, 0.3) is 5.91 Å². The van der Waals surface area contributed by atoms with E-state index in [2.05, 4.69) is 10.6 Å². The largest absolute Gasteiger partial charge is 0.486 e. The van der Waals surface area contributed by atoms with Gasteiger partial charge in [-0.2, -0.15) is 0 Å². The van der Waals surface area contributed by atoms with E-state index in [0.717, 1.165) is 10.5 Å². The van der Waals surface area contributed by atoms with Crippen LogP contribution in [0.15, 0.2) is 18.2 Å². The monoisotopic (exact) mass is 375 g/mol. The van der Waals surface area contributed by atoms with Crippen molar-refractivity contribution < 1.29 is 23.9 Å². The van der Waals surface area contributed by atoms with Gasteiger partial charge >= 0.3 is 6.03 Å². The number of carbonyl (C=O) groups excluding carboxylic acids is 3. The summed E-state index contributed by atoms with van der Waals surface area (Å²) >= 11 is 0. The molecule has 0 saturated carbocycles. The van der Waals surface area contributed by atoms with Crippen molar-refractivity contribution in [3.05, 3.63) is 23.8 Å². The second kappa shape index (κ2) is 7.46. The van der Waals surface area contributed by atoms with Crippen LogP contribution in [0.5, 0.6) is 11.5 Å². The Morgan fingerprint density at radius 1 is 1.26 bits per heavy atom. The van der Waals surface area contributed by atoms with Crippen LogP contribution in [0.1, 0.15) is 45.2 Å². The Labute approximate surface area is 158 Å². The molecule has 0 aromatic heterocycles. The molecule has 0 radical (unpaired) electrons. The Morgan fingerprint density at radius 3 is 2.63 bits per heavy atom. The first kappa shape index (κ1) is 19.0. The molecule has 1 aromatic rings. The second-order valence-corrected chi connectivity index (χ2v) is 7.31. The highest BCUT2D eigenvalue weighted by molar-refractivity contribution is 6.06. The second-order valence-electron chi connectivity index (χ2n) is 7.31. The fourth-order valence-corrected chi connectivity index (χ4v) is 3.14. The zero-order valence-electron chi connectivity index (χ0n) is 15.8. The molecular formula is C19H25N3O5. The van der Waals surface area contributed by atoms with E-state index in [1.165, 1.54) is 0 Å². The molecule has 1 aromatic carbocycles. The summed E-state index contributed by atoms with van der Waals surface area (Å²) < 4.78 is 11.1. The Morgan fingerprint density at radius 2 is 1.96 bits per heavy atom. The minimum atomic E-state index is -0.883. The van der Waals surface area contributed by atoms with Gasteiger partial charge in [0.05, 0.1) is 6.04 Å². The zero-order chi connectivity index (χ0) is 19.6. The minimum absolute atomic E-state index is 0.135. The van der Waals surface area contributed by atoms with Gasteiger partial charge in [0.1, 0.15) is 18.8 Å². The van der Waals surface area contributed by atoms with Gasteiger partial charge in [0.2, 0.25) is 5.91 Å². The van der Waals surface area contributed by atoms with Crippen molar-refractivity contribution in [2.45, 2.75) is 45.2 Å². The summed E-state index contributed by atoms with van der Waals surface area (Å²) in [5, 5.41) is 5.55. The lowest BCUT2D eigenvalue weighted by Crippen LogP contribution is -2.40. The molecule has 0 bridgehead atoms. The summed E-state index contributed by atoms with van der Waals surface area (Å²) in [4.78, 5) is 37.3. The van der Waals surface area contributed by atoms with E-state index >= 15 is 0 Å². The highest BCUT2D eigenvalue weighted by Crippen LogP contribution is 2.32. The molecule has 8 nitrogen and oxygen atoms in total. The Kier molecular flexibility index (Phi) is 5.25. The topological polar surface area (TPSA) is 97.0 Å². The summed E-state index contributed by atoms with van der Waals surface area (Å²) in [5.41, 5.74) is 0.0370. The highest BCUT2D eigenvalue weighted by atomic mass is 16.6. The molecule has 146 valence electrons. The molecule has 3 rings (SSSR count). The van der Waals surface area contributed by atoms with Crippen molar-refractivity contribution in [2.75, 3.05) is 19.8 Å². The third-order valence-electron chi connectivity index (χ3n) is 4.67. The van der Waals surface area contributed by atoms with Crippen LogP contribution in [0.2, 0.25) is 0 Å². The maximum atomic E-state index is 12.2. The lowest BCUT2D eigenvalue weighted by atomic mass is 10.1. The average molecular weight is 375 g/mol. The highest BCUT2D eigenvalue weighted by Gasteiger charge is 2.43. The Bertz CT molecular complexity index is 762. The zero-order valence-corrected chi connectivity index (χ0v) is 15.8. The number of imide groups is 1. The SMILES string of the molecule is CC(NC(=O)CCCN1C(=O)NC(C)(C)C1=O)c1ccc2c(c1)OCCO2. The van der Waals surface area contributed by atoms with Gasteiger partial charge in [-0.3, -0.25) is 14.5 Å². The molecule has 4 amide bonds. The van der Waals surface area contributed by atoms with Crippen molar-refractivity contribution in [3.63, 3.8) is 0 Å². The normalized spacial score (nSPS) is 18.9. The lowest BCUT2D eigenvalue weighted by Gasteiger charge is -2.21. The number of hydrogen-bond donors (Lipinski definition) is 2. The van der Waals surface area contributed by atoms with Crippen LogP contribution < -0.4 is 20.1 Å². The van der Waals surface area contributed by atoms with Crippen molar-refractivity contribution in [1.29, 1.82) is 0 Å². The minimum Gasteiger partial charge on any atom is -0.486 e. The van der Waals surface area contributed by atoms with Crippen LogP contribution in [-0.2, 0) is 9.59 Å². The first-order chi connectivity index (χ1) is 12.8. The van der Waals surface area contributed by atoms with Crippen molar-refractivity contribution >= 4 is 17.8 Å². The smallest absolute Gasteiger partial charge is 0.325 e. The van der Waals surface area contributed by atoms with Crippen LogP contribution in [0.25, 0.3) is 0 Å². The van der Waals surface area contributed by atoms with Gasteiger partial charge < -0.3 is 20.1 Å². The van der Waals surface area contributed by atoms with Crippen LogP contribution >= 0.6 is 0 Å². The lowest BCUT2D eigenvalue weighted by molar-refractivity contribution is -0.130. The average Bonchev–Trinajstić information content (AvgIpc) is 2.82. The molecule has 1 fully saturated rings. The van der Waals surface area contributed by atoms with E-state index in [-0.39, 0.29) is 30.8 Å². The molecule has 0 spiro atoms. The summed E-state index contributed by atoms with van der Waals surface area (Å²) in [6, 6.07) is 5.01. The number of urea groups is 1. The first-order valence-electron chi connectivity index (χ1n) is 9.11. The third-order valence-corrected chi connectivity index (χ3v) is 4.67. The van der Waals surface area contributed by atoms with Crippen molar-refractivity contribution in [3.8, 4) is 11.5 Å². The third kappa shape index (κ3) is 4.15. The summed E-state index contributed by atoms with van der Waals surface area (Å²) in [7, 11) is 0. The number of rotatable bonds is 6. The van der Waals surface area contributed by atoms with E-state index in [1.807, 2.05) is 25.1 Å². The molecule has 0 aliphatic carbocycles. The van der Waals surface area contributed by atoms with Crippen LogP contribution in [0, 0.1) is 0 Å². The molecule has 2 N–H and O–H groups in total. The van der Waals surface area contributed by atoms with E-state index < -0.39 is 11.6 Å². The predicted octanol–water partition coefficient (Wildman–Crippen LogP) is 1.75. The van der Waals surface area contributed by atoms with Crippen molar-refractivity contribution in [1.82, 2.24) is 15.5 Å². The van der Waals surface area contributed by atoms with Crippen molar-refractivity contribution in [2.24, 2.45) is 0 Å². The maximum Gasteiger partial charge on any atom is 0.325 e. The van der Waals surface area contributed by atoms with Crippen LogP contribution in [0.3, 0.4) is 0 Å². The molecule has 27 heavy (non-hydrogen) atoms. The van der Waals surface area contributed by atoms with Gasteiger partial charge in [-0.15, -0.1) is 0 Å². The Balaban J connectivity index is 1.48. The van der Waals surface area contributed by atoms with Gasteiger partial charge in [-0.1, -0.05) is 6.07 Å². The first-order valence-corrected chi connectivity index (χ1v) is 9.11. The summed E-state index contributed by atoms with van der Waals surface area (Å²) in [6.45, 7) is 6.48. The van der Waals surface area contributed by atoms with Gasteiger partial charge in [0.15, 0.2) is 11.5 Å². The number of fused-ring (bicyclic) bond motifs is 1. The maximum absolute atomic E-state index is 12.2. The van der Waals surface area contributed by atoms with Gasteiger partial charge in [0, 0.05) is 13.0 Å². The number of benzene rings is 1. The van der Waals surface area contributed by atoms with Gasteiger partial charge in [-0.05, 0) is 44.9 Å². The molecule has 1 unspecified atom stereocenters. The molecule has 8 heteroatoms. The molecular weight excluding hydrogens is 350 g/mol. The predicted molar refractivity (Wildman–Crippen MR) is 97.5 cm³/mol. The molecule has 2 aliphatic rings. The van der Waals surface area contributed by atoms with Gasteiger partial charge in [-0.25, -0.2) is 4.79 Å². The summed E-state index contributed by atoms with van der Waals surface area (Å²) in [6.07, 6.45) is 0.640. The molecule has 2 aliphatic heterocycles. The van der Waals surface area contributed by atoms with Crippen LogP contribution in [-0.4, -0.2) is 48.0 Å². The van der Waals surface area contributed by atoms with E-state index in [1.54, 1.807) is 13.8 Å². The Hall–Kier alpha value is -2.77. The number of hydrogen-bond acceptors (Lipinski definition) is 5. The van der Waals surface area contributed by atoms with Crippen LogP contribution in [0.4, 0.5) is 4.79 Å². The standard InChI is InChI=1S/C19H25N3O5/c1-12(13-6-7-14-15(11-13)27-10-9-26-14)20-16(23)5-4-8-22-17(24)19(2,3)21-18(22)25/h6-7,11-12H,4-5,8-10H2,1-3H3,(H,20,23)(H,21,25). The van der Waals surface area contributed by atoms with E-state index in [9.17, 15) is 14.4 Å². The molecule has 2 heterocycles. The van der Waals surface area contributed by atoms with E-state index in [0.29, 0.717) is 31.1 Å².